The van der Waals surface area contributed by atoms with Crippen LogP contribution in [-0.4, -0.2) is 30.3 Å². The van der Waals surface area contributed by atoms with Crippen LogP contribution >= 0.6 is 23.4 Å². The number of halogens is 1. The molecule has 7 heteroatoms. The number of nitrogens with one attached hydrogen (secondary N) is 1. The van der Waals surface area contributed by atoms with Gasteiger partial charge in [0.2, 0.25) is 0 Å². The molecule has 27 heavy (non-hydrogen) atoms. The summed E-state index contributed by atoms with van der Waals surface area (Å²) in [6, 6.07) is 4.84. The lowest BCUT2D eigenvalue weighted by Gasteiger charge is -2.28. The first-order valence-corrected chi connectivity index (χ1v) is 10.6. The monoisotopic (exact) mass is 409 g/mol. The molecule has 0 saturated heterocycles. The highest BCUT2D eigenvalue weighted by Gasteiger charge is 2.26. The van der Waals surface area contributed by atoms with Gasteiger partial charge in [-0.05, 0) is 50.3 Å². The van der Waals surface area contributed by atoms with Gasteiger partial charge >= 0.3 is 5.97 Å². The van der Waals surface area contributed by atoms with Crippen LogP contribution in [0.25, 0.3) is 0 Å². The summed E-state index contributed by atoms with van der Waals surface area (Å²) in [5.41, 5.74) is 0.769. The van der Waals surface area contributed by atoms with Gasteiger partial charge in [0.15, 0.2) is 0 Å². The SMILES string of the molecule is CC1=C(C(=O)Nc2ccc(Cl)c(C(=O)OC3CCCCC3C)c2)SCCO1. The van der Waals surface area contributed by atoms with Crippen molar-refractivity contribution in [3.8, 4) is 0 Å². The summed E-state index contributed by atoms with van der Waals surface area (Å²) < 4.78 is 11.1. The number of ether oxygens (including phenoxy) is 2. The molecule has 0 aromatic heterocycles. The first-order valence-electron chi connectivity index (χ1n) is 9.24. The van der Waals surface area contributed by atoms with Gasteiger partial charge in [-0.25, -0.2) is 4.79 Å². The molecule has 1 aliphatic heterocycles. The molecule has 1 aromatic carbocycles. The molecule has 1 aliphatic carbocycles. The van der Waals surface area contributed by atoms with Crippen LogP contribution in [0.5, 0.6) is 0 Å². The normalized spacial score (nSPS) is 22.8. The molecule has 1 fully saturated rings. The third-order valence-corrected chi connectivity index (χ3v) is 6.37. The molecule has 3 rings (SSSR count). The van der Waals surface area contributed by atoms with Crippen molar-refractivity contribution < 1.29 is 19.1 Å². The Morgan fingerprint density at radius 1 is 1.30 bits per heavy atom. The highest BCUT2D eigenvalue weighted by Crippen LogP contribution is 2.30. The van der Waals surface area contributed by atoms with E-state index >= 15 is 0 Å². The highest BCUT2D eigenvalue weighted by molar-refractivity contribution is 8.04. The molecular weight excluding hydrogens is 386 g/mol. The molecule has 146 valence electrons. The minimum atomic E-state index is -0.444. The minimum Gasteiger partial charge on any atom is -0.496 e. The van der Waals surface area contributed by atoms with Crippen molar-refractivity contribution in [2.24, 2.45) is 5.92 Å². The number of thioether (sulfide) groups is 1. The number of rotatable bonds is 4. The Morgan fingerprint density at radius 2 is 2.07 bits per heavy atom. The van der Waals surface area contributed by atoms with Crippen LogP contribution in [0.1, 0.15) is 49.9 Å². The fourth-order valence-corrected chi connectivity index (χ4v) is 4.35. The van der Waals surface area contributed by atoms with Gasteiger partial charge in [-0.15, -0.1) is 11.8 Å². The summed E-state index contributed by atoms with van der Waals surface area (Å²) in [4.78, 5) is 25.7. The van der Waals surface area contributed by atoms with Crippen LogP contribution in [0.3, 0.4) is 0 Å². The average molecular weight is 410 g/mol. The lowest BCUT2D eigenvalue weighted by atomic mass is 9.88. The number of anilines is 1. The number of hydrogen-bond donors (Lipinski definition) is 1. The molecule has 1 amide bonds. The van der Waals surface area contributed by atoms with E-state index < -0.39 is 5.97 Å². The van der Waals surface area contributed by atoms with Crippen molar-refractivity contribution >= 4 is 40.9 Å². The number of hydrogen-bond acceptors (Lipinski definition) is 5. The third-order valence-electron chi connectivity index (χ3n) is 4.91. The van der Waals surface area contributed by atoms with E-state index in [1.54, 1.807) is 25.1 Å². The zero-order valence-corrected chi connectivity index (χ0v) is 17.1. The topological polar surface area (TPSA) is 64.6 Å². The predicted molar refractivity (Wildman–Crippen MR) is 108 cm³/mol. The summed E-state index contributed by atoms with van der Waals surface area (Å²) in [5, 5.41) is 3.13. The third kappa shape index (κ3) is 4.99. The van der Waals surface area contributed by atoms with Gasteiger partial charge in [0.25, 0.3) is 5.91 Å². The maximum Gasteiger partial charge on any atom is 0.340 e. The lowest BCUT2D eigenvalue weighted by molar-refractivity contribution is -0.112. The van der Waals surface area contributed by atoms with E-state index in [1.807, 2.05) is 0 Å². The summed E-state index contributed by atoms with van der Waals surface area (Å²) in [6.07, 6.45) is 4.11. The molecule has 2 aliphatic rings. The number of esters is 1. The van der Waals surface area contributed by atoms with E-state index in [9.17, 15) is 9.59 Å². The molecule has 0 spiro atoms. The fourth-order valence-electron chi connectivity index (χ4n) is 3.34. The first kappa shape index (κ1) is 20.1. The Morgan fingerprint density at radius 3 is 2.81 bits per heavy atom. The largest absolute Gasteiger partial charge is 0.496 e. The van der Waals surface area contributed by atoms with Gasteiger partial charge in [0.1, 0.15) is 16.8 Å². The first-order chi connectivity index (χ1) is 13.0. The summed E-state index contributed by atoms with van der Waals surface area (Å²) >= 11 is 7.67. The van der Waals surface area contributed by atoms with E-state index in [0.29, 0.717) is 33.9 Å². The Balaban J connectivity index is 1.72. The van der Waals surface area contributed by atoms with Crippen LogP contribution in [0.4, 0.5) is 5.69 Å². The molecule has 0 radical (unpaired) electrons. The van der Waals surface area contributed by atoms with Crippen LogP contribution < -0.4 is 5.32 Å². The number of allylic oxidation sites excluding steroid dienone is 1. The quantitative estimate of drug-likeness (QED) is 0.708. The van der Waals surface area contributed by atoms with E-state index in [0.717, 1.165) is 25.0 Å². The van der Waals surface area contributed by atoms with E-state index in [-0.39, 0.29) is 17.6 Å². The standard InChI is InChI=1S/C20H24ClNO4S/c1-12-5-3-4-6-17(12)26-20(24)15-11-14(7-8-16(15)21)22-19(23)18-13(2)25-9-10-27-18/h7-8,11-12,17H,3-6,9-10H2,1-2H3,(H,22,23). The Bertz CT molecular complexity index is 764. The molecule has 2 atom stereocenters. The van der Waals surface area contributed by atoms with Crippen molar-refractivity contribution in [2.75, 3.05) is 17.7 Å². The number of amides is 1. The highest BCUT2D eigenvalue weighted by atomic mass is 35.5. The van der Waals surface area contributed by atoms with Gasteiger partial charge in [-0.1, -0.05) is 24.9 Å². The van der Waals surface area contributed by atoms with Crippen LogP contribution in [0.15, 0.2) is 28.9 Å². The smallest absolute Gasteiger partial charge is 0.340 e. The summed E-state index contributed by atoms with van der Waals surface area (Å²) in [6.45, 7) is 4.48. The fraction of sp³-hybridized carbons (Fsp3) is 0.500. The molecule has 1 aromatic rings. The van der Waals surface area contributed by atoms with E-state index in [2.05, 4.69) is 12.2 Å². The Kier molecular flexibility index (Phi) is 6.71. The second-order valence-corrected chi connectivity index (χ2v) is 8.45. The number of benzene rings is 1. The van der Waals surface area contributed by atoms with Gasteiger partial charge in [0, 0.05) is 11.4 Å². The molecule has 5 nitrogen and oxygen atoms in total. The number of carbonyl (C=O) groups excluding carboxylic acids is 2. The molecule has 1 saturated carbocycles. The van der Waals surface area contributed by atoms with Gasteiger partial charge in [-0.2, -0.15) is 0 Å². The van der Waals surface area contributed by atoms with Crippen LogP contribution in [0, 0.1) is 5.92 Å². The predicted octanol–water partition coefficient (Wildman–Crippen LogP) is 5.01. The molecular formula is C20H24ClNO4S. The maximum absolute atomic E-state index is 12.6. The molecule has 1 N–H and O–H groups in total. The van der Waals surface area contributed by atoms with Gasteiger partial charge in [0.05, 0.1) is 17.2 Å². The number of carbonyl (C=O) groups is 2. The van der Waals surface area contributed by atoms with Crippen LogP contribution in [-0.2, 0) is 14.3 Å². The van der Waals surface area contributed by atoms with Crippen molar-refractivity contribution in [3.63, 3.8) is 0 Å². The van der Waals surface area contributed by atoms with Gasteiger partial charge in [-0.3, -0.25) is 4.79 Å². The van der Waals surface area contributed by atoms with Crippen molar-refractivity contribution in [3.05, 3.63) is 39.4 Å². The molecule has 0 bridgehead atoms. The lowest BCUT2D eigenvalue weighted by Crippen LogP contribution is -2.28. The molecule has 1 heterocycles. The Hall–Kier alpha value is -1.66. The van der Waals surface area contributed by atoms with E-state index in [4.69, 9.17) is 21.1 Å². The van der Waals surface area contributed by atoms with Crippen molar-refractivity contribution in [1.82, 2.24) is 0 Å². The summed E-state index contributed by atoms with van der Waals surface area (Å²) in [5.74, 6) is 1.00. The average Bonchev–Trinajstić information content (AvgIpc) is 2.65. The van der Waals surface area contributed by atoms with Crippen molar-refractivity contribution in [2.45, 2.75) is 45.6 Å². The molecule has 2 unspecified atom stereocenters. The zero-order valence-electron chi connectivity index (χ0n) is 15.5. The second-order valence-electron chi connectivity index (χ2n) is 6.94. The Labute approximate surface area is 168 Å². The van der Waals surface area contributed by atoms with Crippen LogP contribution in [0.2, 0.25) is 5.02 Å². The van der Waals surface area contributed by atoms with Gasteiger partial charge < -0.3 is 14.8 Å². The minimum absolute atomic E-state index is 0.0795. The second kappa shape index (κ2) is 9.02. The summed E-state index contributed by atoms with van der Waals surface area (Å²) in [7, 11) is 0. The van der Waals surface area contributed by atoms with Crippen molar-refractivity contribution in [1.29, 1.82) is 0 Å². The maximum atomic E-state index is 12.6. The van der Waals surface area contributed by atoms with E-state index in [1.165, 1.54) is 18.2 Å². The zero-order chi connectivity index (χ0) is 19.4.